The molecule has 0 amide bonds. The number of carbonyl (C=O) groups is 1. The van der Waals surface area contributed by atoms with Crippen molar-refractivity contribution >= 4 is 41.6 Å². The van der Waals surface area contributed by atoms with Gasteiger partial charge in [0.15, 0.2) is 5.69 Å². The third-order valence-electron chi connectivity index (χ3n) is 2.87. The molecule has 2 heterocycles. The van der Waals surface area contributed by atoms with E-state index in [0.717, 1.165) is 16.1 Å². The summed E-state index contributed by atoms with van der Waals surface area (Å²) in [5.41, 5.74) is 2.22. The lowest BCUT2D eigenvalue weighted by molar-refractivity contribution is 0.0467. The lowest BCUT2D eigenvalue weighted by atomic mass is 10.2. The van der Waals surface area contributed by atoms with Crippen molar-refractivity contribution in [3.63, 3.8) is 0 Å². The molecule has 0 radical (unpaired) electrons. The molecule has 3 rings (SSSR count). The van der Waals surface area contributed by atoms with E-state index >= 15 is 0 Å². The summed E-state index contributed by atoms with van der Waals surface area (Å²) >= 11 is 6.71. The molecule has 7 heteroatoms. The largest absolute Gasteiger partial charge is 0.456 e. The van der Waals surface area contributed by atoms with Crippen LogP contribution in [0, 0.1) is 0 Å². The fourth-order valence-corrected chi connectivity index (χ4v) is 3.33. The van der Waals surface area contributed by atoms with Crippen molar-refractivity contribution in [3.8, 4) is 16.3 Å². The smallest absolute Gasteiger partial charge is 0.358 e. The normalized spacial score (nSPS) is 10.4. The van der Waals surface area contributed by atoms with Gasteiger partial charge in [-0.3, -0.25) is 0 Å². The highest BCUT2D eigenvalue weighted by Crippen LogP contribution is 2.26. The molecule has 0 fully saturated rings. The Balaban J connectivity index is 1.68. The van der Waals surface area contributed by atoms with E-state index in [2.05, 4.69) is 17.9 Å². The van der Waals surface area contributed by atoms with E-state index in [1.54, 1.807) is 28.8 Å². The predicted octanol–water partition coefficient (Wildman–Crippen LogP) is 4.45. The highest BCUT2D eigenvalue weighted by Gasteiger charge is 2.13. The van der Waals surface area contributed by atoms with Crippen LogP contribution in [0.5, 0.6) is 5.75 Å². The van der Waals surface area contributed by atoms with E-state index in [4.69, 9.17) is 8.92 Å². The lowest BCUT2D eigenvalue weighted by Crippen LogP contribution is -2.05. The van der Waals surface area contributed by atoms with Crippen LogP contribution in [0.1, 0.15) is 16.1 Å². The second-order valence-corrected chi connectivity index (χ2v) is 6.18. The van der Waals surface area contributed by atoms with Crippen LogP contribution in [0.2, 0.25) is 0 Å². The van der Waals surface area contributed by atoms with Crippen LogP contribution in [0.15, 0.2) is 46.5 Å². The summed E-state index contributed by atoms with van der Waals surface area (Å²) in [6.45, 7) is 0.267. The summed E-state index contributed by atoms with van der Waals surface area (Å²) in [4.78, 5) is 16.3. The molecule has 3 aromatic rings. The van der Waals surface area contributed by atoms with Crippen molar-refractivity contribution in [2.24, 2.45) is 0 Å². The van der Waals surface area contributed by atoms with Gasteiger partial charge in [-0.25, -0.2) is 9.78 Å². The Kier molecular flexibility index (Phi) is 4.77. The van der Waals surface area contributed by atoms with Gasteiger partial charge in [-0.15, -0.1) is 11.3 Å². The molecule has 0 saturated carbocycles. The molecule has 0 bridgehead atoms. The SMILES string of the molecule is O=C(OCc1ccsc1)c1csc(-c2ccc(OS)cc2)n1. The van der Waals surface area contributed by atoms with Crippen LogP contribution in [0.4, 0.5) is 0 Å². The number of hydrogen-bond donors (Lipinski definition) is 1. The molecule has 0 aliphatic heterocycles. The number of ether oxygens (including phenoxy) is 1. The van der Waals surface area contributed by atoms with Crippen LogP contribution in [-0.2, 0) is 11.3 Å². The summed E-state index contributed by atoms with van der Waals surface area (Å²) in [6, 6.07) is 9.24. The Labute approximate surface area is 141 Å². The van der Waals surface area contributed by atoms with Crippen LogP contribution >= 0.6 is 35.6 Å². The van der Waals surface area contributed by atoms with Gasteiger partial charge in [-0.2, -0.15) is 11.3 Å². The Morgan fingerprint density at radius 2 is 2.00 bits per heavy atom. The standard InChI is InChI=1S/C15H11NO3S3/c17-15(18-7-10-5-6-21-8-10)13-9-22-14(16-13)11-1-3-12(19-20)4-2-11/h1-6,8-9,20H,7H2. The zero-order valence-corrected chi connectivity index (χ0v) is 13.8. The van der Waals surface area contributed by atoms with Gasteiger partial charge in [0.1, 0.15) is 17.4 Å². The summed E-state index contributed by atoms with van der Waals surface area (Å²) in [7, 11) is 0. The number of nitrogens with zero attached hydrogens (tertiary/aromatic N) is 1. The van der Waals surface area contributed by atoms with Crippen molar-refractivity contribution < 1.29 is 13.7 Å². The summed E-state index contributed by atoms with van der Waals surface area (Å²) in [5, 5.41) is 6.36. The topological polar surface area (TPSA) is 48.4 Å². The Morgan fingerprint density at radius 1 is 1.18 bits per heavy atom. The van der Waals surface area contributed by atoms with E-state index < -0.39 is 5.97 Å². The third kappa shape index (κ3) is 3.49. The molecule has 1 aromatic carbocycles. The molecule has 2 aromatic heterocycles. The van der Waals surface area contributed by atoms with E-state index in [1.165, 1.54) is 11.3 Å². The predicted molar refractivity (Wildman–Crippen MR) is 90.6 cm³/mol. The number of thiazole rings is 1. The number of rotatable bonds is 5. The van der Waals surface area contributed by atoms with Gasteiger partial charge in [-0.1, -0.05) is 0 Å². The summed E-state index contributed by atoms with van der Waals surface area (Å²) in [5.74, 6) is 0.239. The molecule has 0 aliphatic rings. The van der Waals surface area contributed by atoms with Gasteiger partial charge in [-0.05, 0) is 41.1 Å². The number of thiol groups is 1. The first-order valence-electron chi connectivity index (χ1n) is 6.32. The monoisotopic (exact) mass is 349 g/mol. The Bertz CT molecular complexity index is 751. The average molecular weight is 349 g/mol. The Hall–Kier alpha value is -1.83. The third-order valence-corrected chi connectivity index (χ3v) is 4.70. The molecular weight excluding hydrogens is 338 g/mol. The van der Waals surface area contributed by atoms with Crippen LogP contribution in [0.3, 0.4) is 0 Å². The minimum Gasteiger partial charge on any atom is -0.456 e. The molecule has 0 atom stereocenters. The first-order chi connectivity index (χ1) is 10.8. The van der Waals surface area contributed by atoms with Crippen molar-refractivity contribution in [2.75, 3.05) is 0 Å². The summed E-state index contributed by atoms with van der Waals surface area (Å²) < 4.78 is 10.1. The second kappa shape index (κ2) is 6.95. The number of hydrogen-bond acceptors (Lipinski definition) is 7. The molecular formula is C15H11NO3S3. The fourth-order valence-electron chi connectivity index (χ4n) is 1.76. The lowest BCUT2D eigenvalue weighted by Gasteiger charge is -2.01. The molecule has 0 saturated heterocycles. The molecule has 0 N–H and O–H groups in total. The molecule has 0 spiro atoms. The maximum atomic E-state index is 12.0. The molecule has 0 unspecified atom stereocenters. The molecule has 112 valence electrons. The number of thiophene rings is 1. The number of benzene rings is 1. The van der Waals surface area contributed by atoms with Gasteiger partial charge >= 0.3 is 5.97 Å². The quantitative estimate of drug-likeness (QED) is 0.420. The molecule has 0 aliphatic carbocycles. The van der Waals surface area contributed by atoms with Crippen molar-refractivity contribution in [1.29, 1.82) is 0 Å². The number of carbonyl (C=O) groups excluding carboxylic acids is 1. The number of aromatic nitrogens is 1. The molecule has 22 heavy (non-hydrogen) atoms. The number of esters is 1. The second-order valence-electron chi connectivity index (χ2n) is 4.36. The average Bonchev–Trinajstić information content (AvgIpc) is 3.24. The van der Waals surface area contributed by atoms with Crippen molar-refractivity contribution in [1.82, 2.24) is 4.98 Å². The minimum atomic E-state index is -0.413. The Morgan fingerprint density at radius 3 is 2.68 bits per heavy atom. The maximum absolute atomic E-state index is 12.0. The van der Waals surface area contributed by atoms with Crippen LogP contribution < -0.4 is 4.18 Å². The first kappa shape index (κ1) is 15.1. The van der Waals surface area contributed by atoms with Gasteiger partial charge in [0.2, 0.25) is 0 Å². The summed E-state index contributed by atoms with van der Waals surface area (Å²) in [6.07, 6.45) is 0. The highest BCUT2D eigenvalue weighted by molar-refractivity contribution is 7.75. The highest BCUT2D eigenvalue weighted by atomic mass is 32.1. The van der Waals surface area contributed by atoms with Gasteiger partial charge in [0.05, 0.1) is 0 Å². The fraction of sp³-hybridized carbons (Fsp3) is 0.0667. The van der Waals surface area contributed by atoms with Crippen LogP contribution in [0.25, 0.3) is 10.6 Å². The first-order valence-corrected chi connectivity index (χ1v) is 8.50. The van der Waals surface area contributed by atoms with Crippen molar-refractivity contribution in [2.45, 2.75) is 6.61 Å². The van der Waals surface area contributed by atoms with Gasteiger partial charge < -0.3 is 8.92 Å². The van der Waals surface area contributed by atoms with E-state index in [1.807, 2.05) is 29.0 Å². The van der Waals surface area contributed by atoms with Gasteiger partial charge in [0, 0.05) is 29.4 Å². The van der Waals surface area contributed by atoms with Crippen molar-refractivity contribution in [3.05, 3.63) is 57.7 Å². The van der Waals surface area contributed by atoms with E-state index in [9.17, 15) is 4.79 Å². The van der Waals surface area contributed by atoms with E-state index in [0.29, 0.717) is 11.4 Å². The zero-order chi connectivity index (χ0) is 15.4. The van der Waals surface area contributed by atoms with Crippen LogP contribution in [-0.4, -0.2) is 11.0 Å². The molecule has 4 nitrogen and oxygen atoms in total. The van der Waals surface area contributed by atoms with Gasteiger partial charge in [0.25, 0.3) is 0 Å². The van der Waals surface area contributed by atoms with E-state index in [-0.39, 0.29) is 6.61 Å². The zero-order valence-electron chi connectivity index (χ0n) is 11.3. The maximum Gasteiger partial charge on any atom is 0.358 e. The minimum absolute atomic E-state index is 0.267.